The lowest BCUT2D eigenvalue weighted by atomic mass is 10.1. The smallest absolute Gasteiger partial charge is 0.250 e. The van der Waals surface area contributed by atoms with Crippen LogP contribution in [0, 0.1) is 0 Å². The van der Waals surface area contributed by atoms with Crippen LogP contribution in [0.25, 0.3) is 6.08 Å². The molecule has 158 valence electrons. The second kappa shape index (κ2) is 10.5. The first-order valence-corrected chi connectivity index (χ1v) is 10.2. The van der Waals surface area contributed by atoms with E-state index >= 15 is 0 Å². The lowest BCUT2D eigenvalue weighted by Gasteiger charge is -2.10. The average Bonchev–Trinajstić information content (AvgIpc) is 2.81. The van der Waals surface area contributed by atoms with Gasteiger partial charge >= 0.3 is 0 Å². The molecule has 0 amide bonds. The molecular formula is C25H23N7. The zero-order chi connectivity index (χ0) is 22.0. The Labute approximate surface area is 187 Å². The topological polar surface area (TPSA) is 87.1 Å². The molecule has 0 atom stereocenters. The molecule has 1 heterocycles. The first-order valence-electron chi connectivity index (χ1n) is 10.2. The van der Waals surface area contributed by atoms with Gasteiger partial charge in [0, 0.05) is 11.4 Å². The highest BCUT2D eigenvalue weighted by atomic mass is 15.4. The molecule has 0 aliphatic rings. The minimum atomic E-state index is 0.320. The van der Waals surface area contributed by atoms with Crippen molar-refractivity contribution >= 4 is 41.5 Å². The van der Waals surface area contributed by atoms with Crippen molar-refractivity contribution < 1.29 is 0 Å². The van der Waals surface area contributed by atoms with Crippen molar-refractivity contribution in [1.29, 1.82) is 0 Å². The quantitative estimate of drug-likeness (QED) is 0.244. The van der Waals surface area contributed by atoms with Gasteiger partial charge in [0.05, 0.1) is 6.21 Å². The molecule has 0 saturated carbocycles. The molecule has 0 spiro atoms. The van der Waals surface area contributed by atoms with Gasteiger partial charge in [0.15, 0.2) is 0 Å². The summed E-state index contributed by atoms with van der Waals surface area (Å²) in [7, 11) is 0. The Morgan fingerprint density at radius 1 is 0.656 bits per heavy atom. The summed E-state index contributed by atoms with van der Waals surface area (Å²) in [6.07, 6.45) is 3.77. The van der Waals surface area contributed by atoms with E-state index in [4.69, 9.17) is 0 Å². The van der Waals surface area contributed by atoms with Crippen molar-refractivity contribution in [2.45, 2.75) is 6.92 Å². The fourth-order valence-corrected chi connectivity index (χ4v) is 2.88. The van der Waals surface area contributed by atoms with Crippen LogP contribution in [0.15, 0.2) is 102 Å². The zero-order valence-corrected chi connectivity index (χ0v) is 17.6. The molecular weight excluding hydrogens is 398 g/mol. The number of nitrogens with zero attached hydrogens (tertiary/aromatic N) is 4. The minimum absolute atomic E-state index is 0.320. The average molecular weight is 422 g/mol. The first kappa shape index (κ1) is 20.7. The number of benzene rings is 3. The maximum absolute atomic E-state index is 4.48. The molecule has 3 N–H and O–H groups in total. The molecule has 0 fully saturated rings. The Kier molecular flexibility index (Phi) is 6.80. The van der Waals surface area contributed by atoms with Gasteiger partial charge in [-0.1, -0.05) is 72.8 Å². The standard InChI is InChI=1S/C25H23N7/c1-19(17-20-11-5-2-6-12-20)18-26-32-25-30-23(27-21-13-7-3-8-14-21)29-24(31-25)28-22-15-9-4-10-16-22/h2-18H,1H3,(H3,27,28,29,30,31,32). The van der Waals surface area contributed by atoms with E-state index in [1.165, 1.54) is 0 Å². The number of para-hydroxylation sites is 2. The molecule has 32 heavy (non-hydrogen) atoms. The lowest BCUT2D eigenvalue weighted by Crippen LogP contribution is -2.07. The molecule has 4 rings (SSSR count). The molecule has 0 saturated heterocycles. The molecule has 1 aromatic heterocycles. The van der Waals surface area contributed by atoms with Crippen LogP contribution in [0.5, 0.6) is 0 Å². The Hall–Kier alpha value is -4.52. The van der Waals surface area contributed by atoms with Crippen LogP contribution >= 0.6 is 0 Å². The van der Waals surface area contributed by atoms with Crippen molar-refractivity contribution in [3.63, 3.8) is 0 Å². The van der Waals surface area contributed by atoms with Crippen LogP contribution in [0.3, 0.4) is 0 Å². The van der Waals surface area contributed by atoms with E-state index in [1.54, 1.807) is 6.21 Å². The third kappa shape index (κ3) is 6.24. The zero-order valence-electron chi connectivity index (χ0n) is 17.6. The summed E-state index contributed by atoms with van der Waals surface area (Å²) in [5.74, 6) is 1.12. The fourth-order valence-electron chi connectivity index (χ4n) is 2.88. The number of aromatic nitrogens is 3. The molecule has 0 unspecified atom stereocenters. The van der Waals surface area contributed by atoms with Crippen LogP contribution in [0.4, 0.5) is 29.2 Å². The van der Waals surface area contributed by atoms with Crippen LogP contribution < -0.4 is 16.1 Å². The minimum Gasteiger partial charge on any atom is -0.324 e. The molecule has 3 aromatic carbocycles. The van der Waals surface area contributed by atoms with Gasteiger partial charge in [0.2, 0.25) is 17.8 Å². The van der Waals surface area contributed by atoms with Crippen LogP contribution in [-0.2, 0) is 0 Å². The Morgan fingerprint density at radius 3 is 1.66 bits per heavy atom. The SMILES string of the molecule is CC(C=NNc1nc(Nc2ccccc2)nc(Nc2ccccc2)n1)=Cc1ccccc1. The fraction of sp³-hybridized carbons (Fsp3) is 0.0400. The molecule has 7 heteroatoms. The Bertz CT molecular complexity index is 1130. The van der Waals surface area contributed by atoms with Gasteiger partial charge in [-0.15, -0.1) is 0 Å². The summed E-state index contributed by atoms with van der Waals surface area (Å²) in [5, 5.41) is 10.7. The van der Waals surface area contributed by atoms with E-state index in [-0.39, 0.29) is 0 Å². The monoisotopic (exact) mass is 421 g/mol. The molecule has 0 bridgehead atoms. The highest BCUT2D eigenvalue weighted by Gasteiger charge is 2.07. The summed E-state index contributed by atoms with van der Waals surface area (Å²) in [6, 6.07) is 29.5. The largest absolute Gasteiger partial charge is 0.324 e. The molecule has 0 radical (unpaired) electrons. The van der Waals surface area contributed by atoms with Crippen molar-refractivity contribution in [1.82, 2.24) is 15.0 Å². The van der Waals surface area contributed by atoms with Gasteiger partial charge in [-0.2, -0.15) is 20.1 Å². The number of rotatable bonds is 8. The number of allylic oxidation sites excluding steroid dienone is 1. The highest BCUT2D eigenvalue weighted by Crippen LogP contribution is 2.18. The number of hydrazone groups is 1. The summed E-state index contributed by atoms with van der Waals surface area (Å²) < 4.78 is 0. The molecule has 0 aliphatic carbocycles. The Morgan fingerprint density at radius 2 is 1.12 bits per heavy atom. The third-order valence-electron chi connectivity index (χ3n) is 4.32. The number of hydrogen-bond acceptors (Lipinski definition) is 7. The Balaban J connectivity index is 1.53. The summed E-state index contributed by atoms with van der Waals surface area (Å²) in [6.45, 7) is 1.98. The van der Waals surface area contributed by atoms with Gasteiger partial charge in [-0.05, 0) is 42.3 Å². The van der Waals surface area contributed by atoms with Crippen LogP contribution in [0.2, 0.25) is 0 Å². The normalized spacial score (nSPS) is 11.3. The van der Waals surface area contributed by atoms with Gasteiger partial charge in [0.1, 0.15) is 0 Å². The summed E-state index contributed by atoms with van der Waals surface area (Å²) in [5.41, 5.74) is 6.75. The van der Waals surface area contributed by atoms with Crippen molar-refractivity contribution in [2.24, 2.45) is 5.10 Å². The second-order valence-electron chi connectivity index (χ2n) is 6.96. The first-order chi connectivity index (χ1) is 15.7. The van der Waals surface area contributed by atoms with E-state index in [0.717, 1.165) is 22.5 Å². The number of nitrogens with one attached hydrogen (secondary N) is 3. The second-order valence-corrected chi connectivity index (χ2v) is 6.96. The lowest BCUT2D eigenvalue weighted by molar-refractivity contribution is 1.04. The van der Waals surface area contributed by atoms with Crippen molar-refractivity contribution in [3.05, 3.63) is 102 Å². The van der Waals surface area contributed by atoms with Crippen LogP contribution in [0.1, 0.15) is 12.5 Å². The van der Waals surface area contributed by atoms with E-state index in [2.05, 4.69) is 36.1 Å². The van der Waals surface area contributed by atoms with Gasteiger partial charge in [0.25, 0.3) is 0 Å². The summed E-state index contributed by atoms with van der Waals surface area (Å²) in [4.78, 5) is 13.3. The third-order valence-corrected chi connectivity index (χ3v) is 4.32. The van der Waals surface area contributed by atoms with Crippen LogP contribution in [-0.4, -0.2) is 21.2 Å². The predicted molar refractivity (Wildman–Crippen MR) is 131 cm³/mol. The van der Waals surface area contributed by atoms with Crippen molar-refractivity contribution in [3.8, 4) is 0 Å². The molecule has 7 nitrogen and oxygen atoms in total. The predicted octanol–water partition coefficient (Wildman–Crippen LogP) is 5.86. The molecule has 0 aliphatic heterocycles. The van der Waals surface area contributed by atoms with E-state index < -0.39 is 0 Å². The van der Waals surface area contributed by atoms with E-state index in [1.807, 2.05) is 104 Å². The van der Waals surface area contributed by atoms with Crippen molar-refractivity contribution in [2.75, 3.05) is 16.1 Å². The maximum atomic E-state index is 4.48. The van der Waals surface area contributed by atoms with Gasteiger partial charge < -0.3 is 10.6 Å². The van der Waals surface area contributed by atoms with E-state index in [9.17, 15) is 0 Å². The van der Waals surface area contributed by atoms with Gasteiger partial charge in [-0.25, -0.2) is 5.43 Å². The summed E-state index contributed by atoms with van der Waals surface area (Å²) >= 11 is 0. The highest BCUT2D eigenvalue weighted by molar-refractivity contribution is 5.85. The maximum Gasteiger partial charge on any atom is 0.250 e. The number of anilines is 5. The number of hydrogen-bond donors (Lipinski definition) is 3. The van der Waals surface area contributed by atoms with E-state index in [0.29, 0.717) is 17.8 Å². The molecule has 4 aromatic rings. The van der Waals surface area contributed by atoms with Gasteiger partial charge in [-0.3, -0.25) is 0 Å².